The lowest BCUT2D eigenvalue weighted by molar-refractivity contribution is 0.0358. The van der Waals surface area contributed by atoms with E-state index >= 15 is 0 Å². The van der Waals surface area contributed by atoms with Gasteiger partial charge in [-0.1, -0.05) is 24.5 Å². The summed E-state index contributed by atoms with van der Waals surface area (Å²) in [4.78, 5) is 21.0. The van der Waals surface area contributed by atoms with Gasteiger partial charge in [0.1, 0.15) is 0 Å². The number of hydrogen-bond donors (Lipinski definition) is 1. The van der Waals surface area contributed by atoms with E-state index in [1.807, 2.05) is 11.6 Å². The zero-order valence-corrected chi connectivity index (χ0v) is 21.0. The van der Waals surface area contributed by atoms with Crippen LogP contribution in [0, 0.1) is 13.8 Å². The molecule has 5 rings (SSSR count). The zero-order valence-electron chi connectivity index (χ0n) is 21.0. The van der Waals surface area contributed by atoms with Crippen LogP contribution in [0.1, 0.15) is 60.7 Å². The number of morpholine rings is 1. The average molecular weight is 480 g/mol. The lowest BCUT2D eigenvalue weighted by atomic mass is 10.1. The third kappa shape index (κ3) is 5.79. The van der Waals surface area contributed by atoms with Crippen LogP contribution in [0.4, 0.5) is 0 Å². The average Bonchev–Trinajstić information content (AvgIpc) is 3.53. The van der Waals surface area contributed by atoms with Gasteiger partial charge in [0, 0.05) is 31.7 Å². The standard InChI is InChI=1S/C26H37N7O2/c1-19-14-20(2)25-21(15-19)16-22(26(34)27-25)17-32(9-5-8-31-10-12-35-13-11-31)18-24-28-29-30-33(24)23-6-3-4-7-23/h14-16,23H,3-13,17-18H2,1-2H3,(H,27,34). The number of pyridine rings is 1. The molecule has 0 spiro atoms. The van der Waals surface area contributed by atoms with Crippen molar-refractivity contribution < 1.29 is 4.74 Å². The number of tetrazole rings is 1. The molecule has 0 radical (unpaired) electrons. The van der Waals surface area contributed by atoms with Crippen molar-refractivity contribution in [2.24, 2.45) is 0 Å². The second kappa shape index (κ2) is 11.0. The van der Waals surface area contributed by atoms with Crippen LogP contribution < -0.4 is 5.56 Å². The Kier molecular flexibility index (Phi) is 7.55. The summed E-state index contributed by atoms with van der Waals surface area (Å²) in [6.45, 7) is 10.8. The minimum atomic E-state index is -0.0157. The summed E-state index contributed by atoms with van der Waals surface area (Å²) in [7, 11) is 0. The molecule has 1 saturated heterocycles. The first-order valence-electron chi connectivity index (χ1n) is 13.0. The molecule has 188 valence electrons. The van der Waals surface area contributed by atoms with Crippen LogP contribution in [-0.2, 0) is 17.8 Å². The van der Waals surface area contributed by atoms with Crippen molar-refractivity contribution in [2.75, 3.05) is 39.4 Å². The maximum absolute atomic E-state index is 13.1. The number of H-pyrrole nitrogens is 1. The first-order chi connectivity index (χ1) is 17.1. The van der Waals surface area contributed by atoms with E-state index < -0.39 is 0 Å². The Morgan fingerprint density at radius 1 is 1.11 bits per heavy atom. The van der Waals surface area contributed by atoms with Crippen molar-refractivity contribution in [1.29, 1.82) is 0 Å². The Morgan fingerprint density at radius 3 is 2.71 bits per heavy atom. The van der Waals surface area contributed by atoms with Crippen molar-refractivity contribution >= 4 is 10.9 Å². The smallest absolute Gasteiger partial charge is 0.252 e. The molecule has 3 heterocycles. The van der Waals surface area contributed by atoms with Gasteiger partial charge in [0.15, 0.2) is 5.82 Å². The molecule has 2 aromatic heterocycles. The molecule has 3 aromatic rings. The number of nitrogens with zero attached hydrogens (tertiary/aromatic N) is 6. The summed E-state index contributed by atoms with van der Waals surface area (Å²) < 4.78 is 7.52. The molecular formula is C26H37N7O2. The number of aromatic nitrogens is 5. The van der Waals surface area contributed by atoms with Crippen molar-refractivity contribution in [3.05, 3.63) is 51.1 Å². The predicted molar refractivity (Wildman–Crippen MR) is 135 cm³/mol. The number of nitrogens with one attached hydrogen (secondary N) is 1. The third-order valence-electron chi connectivity index (χ3n) is 7.41. The molecule has 1 aromatic carbocycles. The van der Waals surface area contributed by atoms with Gasteiger partial charge in [-0.15, -0.1) is 5.10 Å². The van der Waals surface area contributed by atoms with Gasteiger partial charge in [0.25, 0.3) is 5.56 Å². The fourth-order valence-corrected chi connectivity index (χ4v) is 5.60. The maximum Gasteiger partial charge on any atom is 0.252 e. The Morgan fingerprint density at radius 2 is 1.91 bits per heavy atom. The highest BCUT2D eigenvalue weighted by Crippen LogP contribution is 2.29. The maximum atomic E-state index is 13.1. The highest BCUT2D eigenvalue weighted by atomic mass is 16.5. The van der Waals surface area contributed by atoms with E-state index in [1.54, 1.807) is 0 Å². The van der Waals surface area contributed by atoms with E-state index in [2.05, 4.69) is 55.4 Å². The molecule has 35 heavy (non-hydrogen) atoms. The number of hydrogen-bond acceptors (Lipinski definition) is 7. The Labute approximate surface area is 206 Å². The monoisotopic (exact) mass is 479 g/mol. The molecule has 0 amide bonds. The molecule has 2 aliphatic rings. The molecule has 0 unspecified atom stereocenters. The molecule has 0 atom stereocenters. The second-order valence-corrected chi connectivity index (χ2v) is 10.2. The van der Waals surface area contributed by atoms with Crippen molar-refractivity contribution in [3.63, 3.8) is 0 Å². The molecule has 9 nitrogen and oxygen atoms in total. The van der Waals surface area contributed by atoms with Gasteiger partial charge in [-0.25, -0.2) is 4.68 Å². The highest BCUT2D eigenvalue weighted by molar-refractivity contribution is 5.82. The summed E-state index contributed by atoms with van der Waals surface area (Å²) in [6, 6.07) is 6.71. The van der Waals surface area contributed by atoms with Gasteiger partial charge in [-0.3, -0.25) is 14.6 Å². The molecule has 1 saturated carbocycles. The molecule has 1 aliphatic heterocycles. The van der Waals surface area contributed by atoms with E-state index in [9.17, 15) is 4.79 Å². The molecular weight excluding hydrogens is 442 g/mol. The minimum absolute atomic E-state index is 0.0157. The van der Waals surface area contributed by atoms with E-state index in [-0.39, 0.29) is 5.56 Å². The van der Waals surface area contributed by atoms with Gasteiger partial charge in [-0.2, -0.15) is 0 Å². The first kappa shape index (κ1) is 24.1. The van der Waals surface area contributed by atoms with Crippen LogP contribution in [0.25, 0.3) is 10.9 Å². The van der Waals surface area contributed by atoms with Crippen LogP contribution >= 0.6 is 0 Å². The lowest BCUT2D eigenvalue weighted by Gasteiger charge is -2.28. The highest BCUT2D eigenvalue weighted by Gasteiger charge is 2.23. The fraction of sp³-hybridized carbons (Fsp3) is 0.615. The van der Waals surface area contributed by atoms with Crippen molar-refractivity contribution in [2.45, 2.75) is 65.1 Å². The number of rotatable bonds is 9. The number of benzene rings is 1. The number of aromatic amines is 1. The second-order valence-electron chi connectivity index (χ2n) is 10.2. The van der Waals surface area contributed by atoms with Crippen LogP contribution in [0.15, 0.2) is 23.0 Å². The number of fused-ring (bicyclic) bond motifs is 1. The van der Waals surface area contributed by atoms with Crippen LogP contribution in [0.2, 0.25) is 0 Å². The molecule has 1 N–H and O–H groups in total. The Hall–Kier alpha value is -2.62. The largest absolute Gasteiger partial charge is 0.379 e. The van der Waals surface area contributed by atoms with Crippen LogP contribution in [0.3, 0.4) is 0 Å². The number of aryl methyl sites for hydroxylation is 2. The van der Waals surface area contributed by atoms with Gasteiger partial charge in [-0.05, 0) is 73.2 Å². The van der Waals surface area contributed by atoms with Gasteiger partial charge >= 0.3 is 0 Å². The summed E-state index contributed by atoms with van der Waals surface area (Å²) in [6.07, 6.45) is 5.77. The Balaban J connectivity index is 1.36. The normalized spacial score (nSPS) is 17.7. The van der Waals surface area contributed by atoms with Gasteiger partial charge < -0.3 is 9.72 Å². The summed E-state index contributed by atoms with van der Waals surface area (Å²) >= 11 is 0. The quantitative estimate of drug-likeness (QED) is 0.504. The van der Waals surface area contributed by atoms with E-state index in [0.717, 1.165) is 86.5 Å². The van der Waals surface area contributed by atoms with E-state index in [4.69, 9.17) is 4.74 Å². The van der Waals surface area contributed by atoms with Crippen LogP contribution in [0.5, 0.6) is 0 Å². The summed E-state index contributed by atoms with van der Waals surface area (Å²) in [5.41, 5.74) is 3.99. The van der Waals surface area contributed by atoms with Gasteiger partial charge in [0.05, 0.1) is 31.3 Å². The summed E-state index contributed by atoms with van der Waals surface area (Å²) in [5, 5.41) is 13.8. The topological polar surface area (TPSA) is 92.2 Å². The third-order valence-corrected chi connectivity index (χ3v) is 7.41. The molecule has 0 bridgehead atoms. The van der Waals surface area contributed by atoms with Gasteiger partial charge in [0.2, 0.25) is 0 Å². The Bertz CT molecular complexity index is 1190. The lowest BCUT2D eigenvalue weighted by Crippen LogP contribution is -2.38. The minimum Gasteiger partial charge on any atom is -0.379 e. The molecule has 1 aliphatic carbocycles. The SMILES string of the molecule is Cc1cc(C)c2[nH]c(=O)c(CN(CCCN3CCOCC3)Cc3nnnn3C3CCCC3)cc2c1. The molecule has 2 fully saturated rings. The zero-order chi connectivity index (χ0) is 24.2. The van der Waals surface area contributed by atoms with Crippen LogP contribution in [-0.4, -0.2) is 74.4 Å². The summed E-state index contributed by atoms with van der Waals surface area (Å²) in [5.74, 6) is 0.896. The van der Waals surface area contributed by atoms with Crippen molar-refractivity contribution in [1.82, 2.24) is 35.0 Å². The fourth-order valence-electron chi connectivity index (χ4n) is 5.60. The molecule has 9 heteroatoms. The predicted octanol–water partition coefficient (Wildman–Crippen LogP) is 2.97. The first-order valence-corrected chi connectivity index (χ1v) is 13.0. The van der Waals surface area contributed by atoms with Crippen molar-refractivity contribution in [3.8, 4) is 0 Å². The van der Waals surface area contributed by atoms with E-state index in [1.165, 1.54) is 18.4 Å². The van der Waals surface area contributed by atoms with E-state index in [0.29, 0.717) is 19.1 Å². The number of ether oxygens (including phenoxy) is 1.